The van der Waals surface area contributed by atoms with Gasteiger partial charge in [0.05, 0.1) is 26.4 Å². The summed E-state index contributed by atoms with van der Waals surface area (Å²) in [6, 6.07) is 0. The summed E-state index contributed by atoms with van der Waals surface area (Å²) in [7, 11) is 0. The van der Waals surface area contributed by atoms with E-state index in [4.69, 9.17) is 9.47 Å². The van der Waals surface area contributed by atoms with Crippen LogP contribution in [0.4, 0.5) is 28.9 Å². The molecule has 0 aliphatic carbocycles. The molecular formula is C14H16F4N2O2. The zero-order chi connectivity index (χ0) is 15.7. The lowest BCUT2D eigenvalue weighted by molar-refractivity contribution is 0.121. The van der Waals surface area contributed by atoms with Crippen LogP contribution in [0.15, 0.2) is 0 Å². The molecule has 2 heterocycles. The summed E-state index contributed by atoms with van der Waals surface area (Å²) in [6.07, 6.45) is 0. The third kappa shape index (κ3) is 2.61. The Morgan fingerprint density at radius 3 is 1.09 bits per heavy atom. The van der Waals surface area contributed by atoms with Crippen LogP contribution in [0.1, 0.15) is 0 Å². The molecule has 0 bridgehead atoms. The smallest absolute Gasteiger partial charge is 0.187 e. The van der Waals surface area contributed by atoms with E-state index in [1.807, 2.05) is 0 Å². The molecule has 0 saturated carbocycles. The molecule has 0 amide bonds. The van der Waals surface area contributed by atoms with Gasteiger partial charge in [-0.15, -0.1) is 0 Å². The van der Waals surface area contributed by atoms with Gasteiger partial charge in [0.1, 0.15) is 11.4 Å². The third-order valence-electron chi connectivity index (χ3n) is 3.87. The zero-order valence-electron chi connectivity index (χ0n) is 11.9. The fraction of sp³-hybridized carbons (Fsp3) is 0.571. The van der Waals surface area contributed by atoms with Crippen LogP contribution < -0.4 is 9.80 Å². The van der Waals surface area contributed by atoms with E-state index in [1.165, 1.54) is 9.80 Å². The number of rotatable bonds is 2. The Hall–Kier alpha value is -1.54. The highest BCUT2D eigenvalue weighted by molar-refractivity contribution is 5.61. The molecular weight excluding hydrogens is 304 g/mol. The Balaban J connectivity index is 2.03. The second-order valence-electron chi connectivity index (χ2n) is 5.15. The van der Waals surface area contributed by atoms with Crippen molar-refractivity contribution in [3.8, 4) is 0 Å². The summed E-state index contributed by atoms with van der Waals surface area (Å²) in [6.45, 7) is 1.77. The third-order valence-corrected chi connectivity index (χ3v) is 3.87. The van der Waals surface area contributed by atoms with Gasteiger partial charge in [0, 0.05) is 26.2 Å². The van der Waals surface area contributed by atoms with Gasteiger partial charge in [0.15, 0.2) is 23.3 Å². The van der Waals surface area contributed by atoms with E-state index in [-0.39, 0.29) is 52.6 Å². The summed E-state index contributed by atoms with van der Waals surface area (Å²) in [4.78, 5) is 2.53. The predicted molar refractivity (Wildman–Crippen MR) is 72.3 cm³/mol. The Labute approximate surface area is 125 Å². The van der Waals surface area contributed by atoms with E-state index in [0.717, 1.165) is 0 Å². The zero-order valence-corrected chi connectivity index (χ0v) is 11.9. The maximum absolute atomic E-state index is 14.3. The first-order valence-electron chi connectivity index (χ1n) is 7.12. The Morgan fingerprint density at radius 1 is 0.545 bits per heavy atom. The molecule has 2 aliphatic rings. The lowest BCUT2D eigenvalue weighted by Gasteiger charge is -2.32. The molecule has 1 aromatic rings. The first-order chi connectivity index (χ1) is 10.6. The fourth-order valence-corrected chi connectivity index (χ4v) is 2.74. The van der Waals surface area contributed by atoms with Crippen molar-refractivity contribution in [2.45, 2.75) is 0 Å². The summed E-state index contributed by atoms with van der Waals surface area (Å²) < 4.78 is 67.4. The molecule has 0 N–H and O–H groups in total. The minimum atomic E-state index is -1.36. The standard InChI is InChI=1S/C14H16F4N2O2/c15-9-11(17)14(20-3-7-22-8-4-20)12(18)10(16)13(9)19-1-5-21-6-2-19/h1-8H2. The van der Waals surface area contributed by atoms with Gasteiger partial charge < -0.3 is 19.3 Å². The number of nitrogens with zero attached hydrogens (tertiary/aromatic N) is 2. The predicted octanol–water partition coefficient (Wildman–Crippen LogP) is 1.92. The lowest BCUT2D eigenvalue weighted by atomic mass is 10.1. The number of anilines is 2. The molecule has 4 nitrogen and oxygen atoms in total. The molecule has 0 radical (unpaired) electrons. The molecule has 0 unspecified atom stereocenters. The minimum Gasteiger partial charge on any atom is -0.378 e. The van der Waals surface area contributed by atoms with Crippen molar-refractivity contribution < 1.29 is 27.0 Å². The van der Waals surface area contributed by atoms with Gasteiger partial charge in [0.2, 0.25) is 0 Å². The van der Waals surface area contributed by atoms with Crippen molar-refractivity contribution in [1.29, 1.82) is 0 Å². The number of morpholine rings is 2. The Kier molecular flexibility index (Phi) is 4.39. The molecule has 1 aromatic carbocycles. The first-order valence-corrected chi connectivity index (χ1v) is 7.12. The van der Waals surface area contributed by atoms with Crippen molar-refractivity contribution in [2.24, 2.45) is 0 Å². The monoisotopic (exact) mass is 320 g/mol. The van der Waals surface area contributed by atoms with E-state index >= 15 is 0 Å². The SMILES string of the molecule is Fc1c(F)c(N2CCOCC2)c(F)c(F)c1N1CCOCC1. The molecule has 0 aromatic heterocycles. The van der Waals surface area contributed by atoms with E-state index in [2.05, 4.69) is 0 Å². The minimum absolute atomic E-state index is 0.184. The highest BCUT2D eigenvalue weighted by atomic mass is 19.2. The van der Waals surface area contributed by atoms with Crippen LogP contribution in [-0.2, 0) is 9.47 Å². The second kappa shape index (κ2) is 6.29. The summed E-state index contributed by atoms with van der Waals surface area (Å²) in [5, 5.41) is 0. The molecule has 8 heteroatoms. The quantitative estimate of drug-likeness (QED) is 0.614. The van der Waals surface area contributed by atoms with Gasteiger partial charge in [-0.05, 0) is 0 Å². The van der Waals surface area contributed by atoms with Crippen LogP contribution in [0.5, 0.6) is 0 Å². The van der Waals surface area contributed by atoms with E-state index in [1.54, 1.807) is 0 Å². The maximum atomic E-state index is 14.3. The molecule has 0 spiro atoms. The molecule has 2 aliphatic heterocycles. The first kappa shape index (κ1) is 15.4. The van der Waals surface area contributed by atoms with Crippen molar-refractivity contribution in [3.05, 3.63) is 23.3 Å². The van der Waals surface area contributed by atoms with E-state index in [9.17, 15) is 17.6 Å². The highest BCUT2D eigenvalue weighted by Gasteiger charge is 2.32. The Morgan fingerprint density at radius 2 is 0.818 bits per heavy atom. The molecule has 0 atom stereocenters. The largest absolute Gasteiger partial charge is 0.378 e. The average Bonchev–Trinajstić information content (AvgIpc) is 2.55. The topological polar surface area (TPSA) is 24.9 Å². The van der Waals surface area contributed by atoms with Gasteiger partial charge >= 0.3 is 0 Å². The fourth-order valence-electron chi connectivity index (χ4n) is 2.74. The van der Waals surface area contributed by atoms with Crippen LogP contribution in [0, 0.1) is 23.3 Å². The number of hydrogen-bond acceptors (Lipinski definition) is 4. The maximum Gasteiger partial charge on any atom is 0.187 e. The summed E-state index contributed by atoms with van der Waals surface area (Å²) >= 11 is 0. The molecule has 2 fully saturated rings. The van der Waals surface area contributed by atoms with Crippen LogP contribution in [0.2, 0.25) is 0 Å². The number of benzene rings is 1. The number of hydrogen-bond donors (Lipinski definition) is 0. The van der Waals surface area contributed by atoms with Gasteiger partial charge in [-0.25, -0.2) is 17.6 Å². The normalized spacial score (nSPS) is 19.6. The number of ether oxygens (including phenoxy) is 2. The number of halogens is 4. The van der Waals surface area contributed by atoms with Crippen molar-refractivity contribution in [2.75, 3.05) is 62.4 Å². The van der Waals surface area contributed by atoms with Crippen LogP contribution in [-0.4, -0.2) is 52.6 Å². The summed E-state index contributed by atoms with van der Waals surface area (Å²) in [5.74, 6) is -5.44. The molecule has 22 heavy (non-hydrogen) atoms. The van der Waals surface area contributed by atoms with E-state index in [0.29, 0.717) is 0 Å². The lowest BCUT2D eigenvalue weighted by Crippen LogP contribution is -2.40. The van der Waals surface area contributed by atoms with Gasteiger partial charge in [-0.3, -0.25) is 0 Å². The molecule has 122 valence electrons. The van der Waals surface area contributed by atoms with E-state index < -0.39 is 34.6 Å². The molecule has 3 rings (SSSR count). The van der Waals surface area contributed by atoms with Crippen LogP contribution in [0.3, 0.4) is 0 Å². The van der Waals surface area contributed by atoms with Crippen molar-refractivity contribution in [3.63, 3.8) is 0 Å². The highest BCUT2D eigenvalue weighted by Crippen LogP contribution is 2.36. The average molecular weight is 320 g/mol. The Bertz CT molecular complexity index is 480. The van der Waals surface area contributed by atoms with Crippen LogP contribution in [0.25, 0.3) is 0 Å². The van der Waals surface area contributed by atoms with Crippen molar-refractivity contribution >= 4 is 11.4 Å². The van der Waals surface area contributed by atoms with Crippen LogP contribution >= 0.6 is 0 Å². The van der Waals surface area contributed by atoms with Gasteiger partial charge in [-0.1, -0.05) is 0 Å². The van der Waals surface area contributed by atoms with Crippen molar-refractivity contribution in [1.82, 2.24) is 0 Å². The van der Waals surface area contributed by atoms with Gasteiger partial charge in [-0.2, -0.15) is 0 Å². The second-order valence-corrected chi connectivity index (χ2v) is 5.15. The van der Waals surface area contributed by atoms with Gasteiger partial charge in [0.25, 0.3) is 0 Å². The molecule has 2 saturated heterocycles. The summed E-state index contributed by atoms with van der Waals surface area (Å²) in [5.41, 5.74) is -1.31.